The van der Waals surface area contributed by atoms with Crippen molar-refractivity contribution in [2.24, 2.45) is 11.1 Å². The van der Waals surface area contributed by atoms with Crippen molar-refractivity contribution in [3.8, 4) is 11.1 Å². The van der Waals surface area contributed by atoms with Gasteiger partial charge in [0, 0.05) is 29.6 Å². The van der Waals surface area contributed by atoms with Crippen LogP contribution in [0.25, 0.3) is 11.1 Å². The van der Waals surface area contributed by atoms with Crippen molar-refractivity contribution < 1.29 is 23.1 Å². The molecule has 1 aliphatic carbocycles. The Bertz CT molecular complexity index is 894. The summed E-state index contributed by atoms with van der Waals surface area (Å²) >= 11 is 0. The molecule has 7 heteroatoms. The maximum Gasteiger partial charge on any atom is 0.407 e. The highest BCUT2D eigenvalue weighted by Gasteiger charge is 2.59. The molecule has 4 rings (SSSR count). The second kappa shape index (κ2) is 6.27. The van der Waals surface area contributed by atoms with Crippen LogP contribution in [0.15, 0.2) is 36.4 Å². The number of hydrogen-bond donors (Lipinski definition) is 2. The van der Waals surface area contributed by atoms with Crippen LogP contribution >= 0.6 is 0 Å². The van der Waals surface area contributed by atoms with Gasteiger partial charge in [0.1, 0.15) is 17.5 Å². The van der Waals surface area contributed by atoms with Gasteiger partial charge >= 0.3 is 6.09 Å². The molecule has 2 fully saturated rings. The molecule has 0 radical (unpaired) electrons. The predicted molar refractivity (Wildman–Crippen MR) is 93.6 cm³/mol. The highest BCUT2D eigenvalue weighted by Crippen LogP contribution is 2.54. The summed E-state index contributed by atoms with van der Waals surface area (Å²) in [5.41, 5.74) is 6.56. The average molecular weight is 376 g/mol. The van der Waals surface area contributed by atoms with Gasteiger partial charge < -0.3 is 15.7 Å². The van der Waals surface area contributed by atoms with E-state index in [0.29, 0.717) is 6.54 Å². The summed E-state index contributed by atoms with van der Waals surface area (Å²) in [6.07, 6.45) is 0.800. The molecule has 2 aliphatic rings. The van der Waals surface area contributed by atoms with Gasteiger partial charge in [-0.15, -0.1) is 0 Å². The zero-order chi connectivity index (χ0) is 19.3. The van der Waals surface area contributed by atoms with E-state index < -0.39 is 29.6 Å². The van der Waals surface area contributed by atoms with Crippen molar-refractivity contribution in [2.45, 2.75) is 31.3 Å². The zero-order valence-corrected chi connectivity index (χ0v) is 14.5. The van der Waals surface area contributed by atoms with E-state index in [1.54, 1.807) is 12.1 Å². The molecule has 1 aliphatic heterocycles. The van der Waals surface area contributed by atoms with E-state index >= 15 is 4.39 Å². The summed E-state index contributed by atoms with van der Waals surface area (Å²) in [6.45, 7) is 0.366. The lowest BCUT2D eigenvalue weighted by Crippen LogP contribution is -2.44. The number of likely N-dealkylation sites (tertiary alicyclic amines) is 1. The van der Waals surface area contributed by atoms with Gasteiger partial charge in [-0.1, -0.05) is 18.2 Å². The summed E-state index contributed by atoms with van der Waals surface area (Å²) < 4.78 is 42.1. The molecule has 4 nitrogen and oxygen atoms in total. The second-order valence-electron chi connectivity index (χ2n) is 7.51. The van der Waals surface area contributed by atoms with Crippen LogP contribution < -0.4 is 5.73 Å². The summed E-state index contributed by atoms with van der Waals surface area (Å²) in [4.78, 5) is 12.9. The number of benzene rings is 2. The molecule has 3 N–H and O–H groups in total. The summed E-state index contributed by atoms with van der Waals surface area (Å²) in [6, 6.07) is 6.56. The summed E-state index contributed by atoms with van der Waals surface area (Å²) in [5.74, 6) is -2.20. The van der Waals surface area contributed by atoms with Crippen LogP contribution in [-0.2, 0) is 6.42 Å². The molecular weight excluding hydrogens is 357 g/mol. The fourth-order valence-electron chi connectivity index (χ4n) is 4.16. The predicted octanol–water partition coefficient (Wildman–Crippen LogP) is 3.78. The maximum atomic E-state index is 15.1. The van der Waals surface area contributed by atoms with E-state index in [1.807, 2.05) is 0 Å². The molecule has 2 aromatic carbocycles. The third-order valence-corrected chi connectivity index (χ3v) is 5.83. The van der Waals surface area contributed by atoms with Crippen molar-refractivity contribution in [2.75, 3.05) is 6.54 Å². The summed E-state index contributed by atoms with van der Waals surface area (Å²) in [5, 5.41) is 9.50. The topological polar surface area (TPSA) is 66.6 Å². The van der Waals surface area contributed by atoms with Crippen LogP contribution in [0.3, 0.4) is 0 Å². The minimum absolute atomic E-state index is 0.0699. The average Bonchev–Trinajstić information content (AvgIpc) is 3.33. The van der Waals surface area contributed by atoms with E-state index in [-0.39, 0.29) is 34.6 Å². The van der Waals surface area contributed by atoms with E-state index in [0.717, 1.165) is 31.0 Å². The number of rotatable bonds is 3. The second-order valence-corrected chi connectivity index (χ2v) is 7.51. The van der Waals surface area contributed by atoms with Crippen molar-refractivity contribution in [3.63, 3.8) is 0 Å². The number of nitrogens with zero attached hydrogens (tertiary/aromatic N) is 1. The molecule has 1 amide bonds. The molecule has 1 saturated carbocycles. The van der Waals surface area contributed by atoms with Crippen LogP contribution in [0.2, 0.25) is 0 Å². The third kappa shape index (κ3) is 3.06. The first kappa shape index (κ1) is 17.9. The lowest BCUT2D eigenvalue weighted by Gasteiger charge is -2.25. The van der Waals surface area contributed by atoms with Crippen molar-refractivity contribution in [1.29, 1.82) is 0 Å². The first-order valence-corrected chi connectivity index (χ1v) is 8.80. The monoisotopic (exact) mass is 376 g/mol. The van der Waals surface area contributed by atoms with Gasteiger partial charge in [-0.2, -0.15) is 0 Å². The largest absolute Gasteiger partial charge is 0.465 e. The third-order valence-electron chi connectivity index (χ3n) is 5.83. The lowest BCUT2D eigenvalue weighted by atomic mass is 9.91. The zero-order valence-electron chi connectivity index (χ0n) is 14.5. The number of nitrogens with two attached hydrogens (primary N) is 1. The number of amides is 1. The Labute approximate surface area is 154 Å². The number of carboxylic acid groups (broad SMARTS) is 1. The Morgan fingerprint density at radius 1 is 1.19 bits per heavy atom. The first-order valence-electron chi connectivity index (χ1n) is 8.80. The van der Waals surface area contributed by atoms with Crippen LogP contribution in [0.5, 0.6) is 0 Å². The van der Waals surface area contributed by atoms with Gasteiger partial charge in [-0.3, -0.25) is 0 Å². The quantitative estimate of drug-likeness (QED) is 0.857. The highest BCUT2D eigenvalue weighted by molar-refractivity contribution is 5.67. The van der Waals surface area contributed by atoms with Gasteiger partial charge in [-0.25, -0.2) is 18.0 Å². The molecule has 0 bridgehead atoms. The molecular formula is C20H19F3N2O2. The minimum atomic E-state index is -1.07. The summed E-state index contributed by atoms with van der Waals surface area (Å²) in [7, 11) is 0. The van der Waals surface area contributed by atoms with Gasteiger partial charge in [0.05, 0.1) is 6.04 Å². The van der Waals surface area contributed by atoms with E-state index in [4.69, 9.17) is 5.73 Å². The van der Waals surface area contributed by atoms with Gasteiger partial charge in [0.15, 0.2) is 0 Å². The molecule has 2 aromatic rings. The normalized spacial score (nSPS) is 23.0. The van der Waals surface area contributed by atoms with Crippen LogP contribution in [0, 0.1) is 22.9 Å². The van der Waals surface area contributed by atoms with E-state index in [1.165, 1.54) is 11.0 Å². The molecule has 1 spiro atoms. The van der Waals surface area contributed by atoms with Crippen molar-refractivity contribution in [3.05, 3.63) is 59.4 Å². The fraction of sp³-hybridized carbons (Fsp3) is 0.350. The molecule has 0 aromatic heterocycles. The Morgan fingerprint density at radius 3 is 2.44 bits per heavy atom. The smallest absolute Gasteiger partial charge is 0.407 e. The van der Waals surface area contributed by atoms with E-state index in [2.05, 4.69) is 0 Å². The Hall–Kier alpha value is -2.54. The highest BCUT2D eigenvalue weighted by atomic mass is 19.1. The molecule has 1 saturated heterocycles. The Balaban J connectivity index is 1.68. The molecule has 1 heterocycles. The fourth-order valence-corrected chi connectivity index (χ4v) is 4.16. The van der Waals surface area contributed by atoms with Crippen LogP contribution in [0.1, 0.15) is 18.4 Å². The Kier molecular flexibility index (Phi) is 4.14. The van der Waals surface area contributed by atoms with Gasteiger partial charge in [-0.05, 0) is 42.5 Å². The molecule has 0 unspecified atom stereocenters. The number of hydrogen-bond acceptors (Lipinski definition) is 2. The van der Waals surface area contributed by atoms with Gasteiger partial charge in [0.25, 0.3) is 0 Å². The maximum absolute atomic E-state index is 15.1. The minimum Gasteiger partial charge on any atom is -0.465 e. The molecule has 2 atom stereocenters. The Morgan fingerprint density at radius 2 is 1.85 bits per heavy atom. The van der Waals surface area contributed by atoms with Crippen LogP contribution in [0.4, 0.5) is 18.0 Å². The number of halogens is 3. The lowest BCUT2D eigenvalue weighted by molar-refractivity contribution is 0.137. The SMILES string of the molecule is N[C@@H]1[C@H](Cc2cccc(-c3cc(F)cc(F)c3)c2F)N(C(=O)O)CC12CC2. The van der Waals surface area contributed by atoms with Crippen LogP contribution in [-0.4, -0.2) is 34.7 Å². The number of carbonyl (C=O) groups is 1. The molecule has 27 heavy (non-hydrogen) atoms. The van der Waals surface area contributed by atoms with Gasteiger partial charge in [0.2, 0.25) is 0 Å². The van der Waals surface area contributed by atoms with Crippen molar-refractivity contribution in [1.82, 2.24) is 4.90 Å². The first-order chi connectivity index (χ1) is 12.8. The van der Waals surface area contributed by atoms with E-state index in [9.17, 15) is 18.7 Å². The molecule has 142 valence electrons. The van der Waals surface area contributed by atoms with Crippen molar-refractivity contribution >= 4 is 6.09 Å². The standard InChI is InChI=1S/C20H19F3N2O2/c21-13-6-12(7-14(22)9-13)15-3-1-2-11(17(15)23)8-16-18(24)20(4-5-20)10-25(16)19(26)27/h1-3,6-7,9,16,18H,4-5,8,10,24H2,(H,26,27)/t16-,18+/m0/s1.